The smallest absolute Gasteiger partial charge is 0.191 e. The third-order valence-electron chi connectivity index (χ3n) is 5.32. The Balaban J connectivity index is 0.00000320. The lowest BCUT2D eigenvalue weighted by atomic mass is 10.2. The van der Waals surface area contributed by atoms with Crippen LogP contribution < -0.4 is 15.5 Å². The fourth-order valence-electron chi connectivity index (χ4n) is 3.69. The minimum atomic E-state index is 0. The molecule has 3 rings (SSSR count). The van der Waals surface area contributed by atoms with Crippen LogP contribution in [0.25, 0.3) is 0 Å². The van der Waals surface area contributed by atoms with E-state index in [-0.39, 0.29) is 24.0 Å². The van der Waals surface area contributed by atoms with Gasteiger partial charge in [0, 0.05) is 50.3 Å². The highest BCUT2D eigenvalue weighted by atomic mass is 127. The minimum absolute atomic E-state index is 0. The van der Waals surface area contributed by atoms with Crippen LogP contribution in [0.4, 0.5) is 5.69 Å². The topological polar surface area (TPSA) is 55.8 Å². The Morgan fingerprint density at radius 1 is 1.13 bits per heavy atom. The minimum Gasteiger partial charge on any atom is -0.369 e. The second-order valence-electron chi connectivity index (χ2n) is 7.62. The summed E-state index contributed by atoms with van der Waals surface area (Å²) >= 11 is 1.75. The molecule has 0 bridgehead atoms. The molecule has 1 fully saturated rings. The molecule has 30 heavy (non-hydrogen) atoms. The number of halogens is 1. The lowest BCUT2D eigenvalue weighted by Gasteiger charge is -2.36. The third kappa shape index (κ3) is 7.39. The van der Waals surface area contributed by atoms with Crippen LogP contribution in [0, 0.1) is 20.8 Å². The number of nitrogens with one attached hydrogen (secondary N) is 2. The average molecular weight is 543 g/mol. The number of hydrogen-bond donors (Lipinski definition) is 2. The molecule has 0 atom stereocenters. The molecule has 0 aliphatic carbocycles. The van der Waals surface area contributed by atoms with E-state index in [9.17, 15) is 0 Å². The molecule has 1 aromatic heterocycles. The van der Waals surface area contributed by atoms with E-state index in [4.69, 9.17) is 0 Å². The van der Waals surface area contributed by atoms with Crippen LogP contribution >= 0.6 is 35.3 Å². The van der Waals surface area contributed by atoms with Crippen LogP contribution in [-0.2, 0) is 6.54 Å². The summed E-state index contributed by atoms with van der Waals surface area (Å²) in [7, 11) is 1.82. The van der Waals surface area contributed by atoms with Gasteiger partial charge in [-0.3, -0.25) is 9.89 Å². The summed E-state index contributed by atoms with van der Waals surface area (Å²) in [5, 5.41) is 7.94. The highest BCUT2D eigenvalue weighted by Gasteiger charge is 2.16. The van der Waals surface area contributed by atoms with Crippen LogP contribution in [0.5, 0.6) is 0 Å². The number of thiazole rings is 1. The molecule has 1 saturated heterocycles. The number of hydrogen-bond acceptors (Lipinski definition) is 5. The first-order valence-corrected chi connectivity index (χ1v) is 11.3. The normalized spacial score (nSPS) is 15.1. The Labute approximate surface area is 202 Å². The van der Waals surface area contributed by atoms with E-state index in [2.05, 4.69) is 75.4 Å². The number of guanidine groups is 1. The highest BCUT2D eigenvalue weighted by Crippen LogP contribution is 2.18. The zero-order valence-corrected chi connectivity index (χ0v) is 21.7. The maximum atomic E-state index is 4.48. The lowest BCUT2D eigenvalue weighted by molar-refractivity contribution is 0.255. The molecule has 2 N–H and O–H groups in total. The second-order valence-corrected chi connectivity index (χ2v) is 8.90. The van der Waals surface area contributed by atoms with E-state index in [1.54, 1.807) is 11.3 Å². The fourth-order valence-corrected chi connectivity index (χ4v) is 4.56. The van der Waals surface area contributed by atoms with Gasteiger partial charge in [-0.2, -0.15) is 0 Å². The van der Waals surface area contributed by atoms with Gasteiger partial charge in [-0.05, 0) is 51.4 Å². The Morgan fingerprint density at radius 3 is 2.53 bits per heavy atom. The molecule has 0 spiro atoms. The van der Waals surface area contributed by atoms with E-state index in [1.807, 2.05) is 7.05 Å². The van der Waals surface area contributed by atoms with Crippen molar-refractivity contribution in [2.75, 3.05) is 51.2 Å². The van der Waals surface area contributed by atoms with Crippen LogP contribution in [0.2, 0.25) is 0 Å². The molecule has 1 aliphatic rings. The van der Waals surface area contributed by atoms with Gasteiger partial charge in [0.1, 0.15) is 0 Å². The number of anilines is 1. The van der Waals surface area contributed by atoms with Crippen molar-refractivity contribution in [2.24, 2.45) is 4.99 Å². The largest absolute Gasteiger partial charge is 0.369 e. The zero-order chi connectivity index (χ0) is 20.6. The van der Waals surface area contributed by atoms with Crippen molar-refractivity contribution in [3.8, 4) is 0 Å². The van der Waals surface area contributed by atoms with Crippen molar-refractivity contribution in [1.82, 2.24) is 20.5 Å². The van der Waals surface area contributed by atoms with Crippen molar-refractivity contribution in [3.05, 3.63) is 45.4 Å². The average Bonchev–Trinajstić information content (AvgIpc) is 3.05. The number of aryl methyl sites for hydroxylation is 3. The summed E-state index contributed by atoms with van der Waals surface area (Å²) in [5.41, 5.74) is 3.80. The molecule has 0 radical (unpaired) electrons. The van der Waals surface area contributed by atoms with Gasteiger partial charge in [-0.1, -0.05) is 12.1 Å². The molecule has 0 amide bonds. The first-order valence-electron chi connectivity index (χ1n) is 10.5. The number of rotatable bonds is 7. The van der Waals surface area contributed by atoms with Gasteiger partial charge in [-0.25, -0.2) is 4.98 Å². The summed E-state index contributed by atoms with van der Waals surface area (Å²) < 4.78 is 0. The zero-order valence-electron chi connectivity index (χ0n) is 18.6. The monoisotopic (exact) mass is 542 g/mol. The molecule has 1 aromatic carbocycles. The number of benzene rings is 1. The molecular formula is C22H35IN6S. The van der Waals surface area contributed by atoms with Crippen molar-refractivity contribution in [1.29, 1.82) is 0 Å². The van der Waals surface area contributed by atoms with Crippen molar-refractivity contribution >= 4 is 47.0 Å². The van der Waals surface area contributed by atoms with Crippen LogP contribution in [0.1, 0.15) is 27.6 Å². The Bertz CT molecular complexity index is 814. The van der Waals surface area contributed by atoms with Crippen molar-refractivity contribution < 1.29 is 0 Å². The van der Waals surface area contributed by atoms with Crippen molar-refractivity contribution in [2.45, 2.75) is 33.7 Å². The molecule has 2 heterocycles. The molecule has 0 unspecified atom stereocenters. The SMILES string of the molecule is CN=C(NCCCN1CCN(c2cccc(C)c2)CC1)NCc1sc(C)nc1C.I. The lowest BCUT2D eigenvalue weighted by Crippen LogP contribution is -2.47. The number of piperazine rings is 1. The van der Waals surface area contributed by atoms with Gasteiger partial charge in [0.05, 0.1) is 17.2 Å². The highest BCUT2D eigenvalue weighted by molar-refractivity contribution is 14.0. The van der Waals surface area contributed by atoms with Crippen molar-refractivity contribution in [3.63, 3.8) is 0 Å². The van der Waals surface area contributed by atoms with Gasteiger partial charge in [0.25, 0.3) is 0 Å². The number of nitrogens with zero attached hydrogens (tertiary/aromatic N) is 4. The Kier molecular flexibility index (Phi) is 10.3. The van der Waals surface area contributed by atoms with Crippen LogP contribution in [0.15, 0.2) is 29.3 Å². The van der Waals surface area contributed by atoms with Crippen LogP contribution in [0.3, 0.4) is 0 Å². The Morgan fingerprint density at radius 2 is 1.90 bits per heavy atom. The van der Waals surface area contributed by atoms with E-state index in [1.165, 1.54) is 16.1 Å². The summed E-state index contributed by atoms with van der Waals surface area (Å²) in [6, 6.07) is 8.82. The Hall–Kier alpha value is -1.39. The summed E-state index contributed by atoms with van der Waals surface area (Å²) in [6.07, 6.45) is 1.11. The second kappa shape index (κ2) is 12.5. The molecule has 6 nitrogen and oxygen atoms in total. The standard InChI is InChI=1S/C22H34N6S.HI/c1-17-7-5-8-20(15-17)28-13-11-27(12-14-28)10-6-9-24-22(23-4)25-16-21-18(2)26-19(3)29-21;/h5,7-8,15H,6,9-14,16H2,1-4H3,(H2,23,24,25);1H. The third-order valence-corrected chi connectivity index (χ3v) is 6.40. The predicted molar refractivity (Wildman–Crippen MR) is 140 cm³/mol. The first-order chi connectivity index (χ1) is 14.0. The molecule has 2 aromatic rings. The summed E-state index contributed by atoms with van der Waals surface area (Å²) in [6.45, 7) is 13.6. The summed E-state index contributed by atoms with van der Waals surface area (Å²) in [4.78, 5) is 15.1. The van der Waals surface area contributed by atoms with Gasteiger partial charge in [0.15, 0.2) is 5.96 Å². The summed E-state index contributed by atoms with van der Waals surface area (Å²) in [5.74, 6) is 0.861. The van der Waals surface area contributed by atoms with Gasteiger partial charge in [0.2, 0.25) is 0 Å². The fraction of sp³-hybridized carbons (Fsp3) is 0.545. The first kappa shape index (κ1) is 24.9. The number of aliphatic imine (C=N–C) groups is 1. The quantitative estimate of drug-likeness (QED) is 0.243. The molecule has 8 heteroatoms. The molecule has 166 valence electrons. The van der Waals surface area contributed by atoms with E-state index >= 15 is 0 Å². The maximum absolute atomic E-state index is 4.48. The molecule has 0 saturated carbocycles. The van der Waals surface area contributed by atoms with Gasteiger partial charge >= 0.3 is 0 Å². The van der Waals surface area contributed by atoms with E-state index in [0.29, 0.717) is 0 Å². The van der Waals surface area contributed by atoms with Gasteiger partial charge < -0.3 is 15.5 Å². The van der Waals surface area contributed by atoms with Gasteiger partial charge in [-0.15, -0.1) is 35.3 Å². The van der Waals surface area contributed by atoms with E-state index < -0.39 is 0 Å². The van der Waals surface area contributed by atoms with Crippen LogP contribution in [-0.4, -0.2) is 62.2 Å². The van der Waals surface area contributed by atoms with E-state index in [0.717, 1.165) is 68.9 Å². The molecule has 1 aliphatic heterocycles. The number of aromatic nitrogens is 1. The predicted octanol–water partition coefficient (Wildman–Crippen LogP) is 3.56. The maximum Gasteiger partial charge on any atom is 0.191 e. The molecular weight excluding hydrogens is 507 g/mol.